The van der Waals surface area contributed by atoms with Crippen LogP contribution in [0.1, 0.15) is 57.0 Å². The van der Waals surface area contributed by atoms with Gasteiger partial charge in [-0.2, -0.15) is 0 Å². The molecule has 0 fully saturated rings. The standard InChI is InChI=1S/C17H26N4/c1-6-16(14-9-7-13(2)8-10-14)18-11-15-12-21(20-19-15)17(3,4)5/h7-10,12,16,18H,6,11H2,1-5H3. The number of aryl methyl sites for hydroxylation is 1. The van der Waals surface area contributed by atoms with Gasteiger partial charge in [-0.3, -0.25) is 0 Å². The van der Waals surface area contributed by atoms with Gasteiger partial charge in [0.05, 0.1) is 17.4 Å². The fraction of sp³-hybridized carbons (Fsp3) is 0.529. The molecule has 1 heterocycles. The van der Waals surface area contributed by atoms with Gasteiger partial charge in [-0.1, -0.05) is 42.0 Å². The van der Waals surface area contributed by atoms with E-state index in [1.807, 2.05) is 10.9 Å². The SMILES string of the molecule is CCC(NCc1cn(C(C)(C)C)nn1)c1ccc(C)cc1. The number of aromatic nitrogens is 3. The van der Waals surface area contributed by atoms with E-state index in [-0.39, 0.29) is 5.54 Å². The first-order valence-electron chi connectivity index (χ1n) is 7.62. The monoisotopic (exact) mass is 286 g/mol. The summed E-state index contributed by atoms with van der Waals surface area (Å²) in [5, 5.41) is 12.0. The quantitative estimate of drug-likeness (QED) is 0.913. The van der Waals surface area contributed by atoms with Gasteiger partial charge in [0.25, 0.3) is 0 Å². The lowest BCUT2D eigenvalue weighted by Gasteiger charge is -2.18. The molecule has 0 saturated heterocycles. The summed E-state index contributed by atoms with van der Waals surface area (Å²) in [5.74, 6) is 0. The maximum atomic E-state index is 4.25. The molecular weight excluding hydrogens is 260 g/mol. The van der Waals surface area contributed by atoms with Crippen molar-refractivity contribution in [2.45, 2.75) is 59.2 Å². The van der Waals surface area contributed by atoms with Crippen LogP contribution in [-0.4, -0.2) is 15.0 Å². The van der Waals surface area contributed by atoms with Crippen LogP contribution < -0.4 is 5.32 Å². The average molecular weight is 286 g/mol. The molecular formula is C17H26N4. The zero-order valence-electron chi connectivity index (χ0n) is 13.7. The normalized spacial score (nSPS) is 13.4. The van der Waals surface area contributed by atoms with Crippen LogP contribution in [0.4, 0.5) is 0 Å². The maximum Gasteiger partial charge on any atom is 0.0965 e. The van der Waals surface area contributed by atoms with Crippen molar-refractivity contribution in [1.29, 1.82) is 0 Å². The first-order chi connectivity index (χ1) is 9.90. The molecule has 1 aromatic carbocycles. The second-order valence-electron chi connectivity index (χ2n) is 6.58. The Balaban J connectivity index is 2.00. The lowest BCUT2D eigenvalue weighted by atomic mass is 10.0. The molecule has 2 aromatic rings. The molecule has 4 heteroatoms. The van der Waals surface area contributed by atoms with Crippen LogP contribution >= 0.6 is 0 Å². The van der Waals surface area contributed by atoms with Gasteiger partial charge >= 0.3 is 0 Å². The number of benzene rings is 1. The Hall–Kier alpha value is -1.68. The van der Waals surface area contributed by atoms with Gasteiger partial charge in [-0.15, -0.1) is 5.10 Å². The summed E-state index contributed by atoms with van der Waals surface area (Å²) in [6, 6.07) is 9.07. The predicted molar refractivity (Wildman–Crippen MR) is 86.1 cm³/mol. The third-order valence-corrected chi connectivity index (χ3v) is 3.65. The van der Waals surface area contributed by atoms with E-state index in [0.29, 0.717) is 6.04 Å². The van der Waals surface area contributed by atoms with Gasteiger partial charge in [0.15, 0.2) is 0 Å². The topological polar surface area (TPSA) is 42.7 Å². The Morgan fingerprint density at radius 2 is 1.86 bits per heavy atom. The van der Waals surface area contributed by atoms with E-state index >= 15 is 0 Å². The molecule has 0 spiro atoms. The third kappa shape index (κ3) is 4.14. The lowest BCUT2D eigenvalue weighted by molar-refractivity contribution is 0.346. The van der Waals surface area contributed by atoms with Crippen molar-refractivity contribution < 1.29 is 0 Å². The summed E-state index contributed by atoms with van der Waals surface area (Å²) in [7, 11) is 0. The second-order valence-corrected chi connectivity index (χ2v) is 6.58. The predicted octanol–water partition coefficient (Wildman–Crippen LogP) is 3.58. The largest absolute Gasteiger partial charge is 0.304 e. The van der Waals surface area contributed by atoms with E-state index < -0.39 is 0 Å². The number of nitrogens with zero attached hydrogens (tertiary/aromatic N) is 3. The first kappa shape index (κ1) is 15.7. The van der Waals surface area contributed by atoms with Gasteiger partial charge in [0.2, 0.25) is 0 Å². The molecule has 0 aliphatic heterocycles. The molecule has 0 aliphatic rings. The number of hydrogen-bond donors (Lipinski definition) is 1. The highest BCUT2D eigenvalue weighted by Crippen LogP contribution is 2.18. The molecule has 1 unspecified atom stereocenters. The van der Waals surface area contributed by atoms with Gasteiger partial charge in [0, 0.05) is 12.6 Å². The summed E-state index contributed by atoms with van der Waals surface area (Å²) < 4.78 is 1.91. The molecule has 1 N–H and O–H groups in total. The molecule has 0 aliphatic carbocycles. The first-order valence-corrected chi connectivity index (χ1v) is 7.62. The van der Waals surface area contributed by atoms with Crippen molar-refractivity contribution in [1.82, 2.24) is 20.3 Å². The Kier molecular flexibility index (Phi) is 4.78. The lowest BCUT2D eigenvalue weighted by Crippen LogP contribution is -2.22. The Morgan fingerprint density at radius 1 is 1.19 bits per heavy atom. The number of hydrogen-bond acceptors (Lipinski definition) is 3. The van der Waals surface area contributed by atoms with Crippen molar-refractivity contribution >= 4 is 0 Å². The zero-order valence-corrected chi connectivity index (χ0v) is 13.7. The highest BCUT2D eigenvalue weighted by molar-refractivity contribution is 5.24. The minimum Gasteiger partial charge on any atom is -0.304 e. The molecule has 0 bridgehead atoms. The fourth-order valence-corrected chi connectivity index (χ4v) is 2.23. The summed E-state index contributed by atoms with van der Waals surface area (Å²) in [5.41, 5.74) is 3.58. The van der Waals surface area contributed by atoms with Crippen molar-refractivity contribution in [2.24, 2.45) is 0 Å². The molecule has 0 amide bonds. The summed E-state index contributed by atoms with van der Waals surface area (Å²) in [6.07, 6.45) is 3.07. The van der Waals surface area contributed by atoms with Crippen LogP contribution in [-0.2, 0) is 12.1 Å². The zero-order chi connectivity index (χ0) is 15.5. The van der Waals surface area contributed by atoms with Crippen LogP contribution in [0.25, 0.3) is 0 Å². The fourth-order valence-electron chi connectivity index (χ4n) is 2.23. The molecule has 114 valence electrons. The van der Waals surface area contributed by atoms with Gasteiger partial charge < -0.3 is 5.32 Å². The molecule has 1 atom stereocenters. The van der Waals surface area contributed by atoms with E-state index in [0.717, 1.165) is 18.7 Å². The van der Waals surface area contributed by atoms with Crippen LogP contribution in [0.15, 0.2) is 30.5 Å². The average Bonchev–Trinajstić information content (AvgIpc) is 2.90. The molecule has 0 radical (unpaired) electrons. The van der Waals surface area contributed by atoms with Crippen LogP contribution in [0.3, 0.4) is 0 Å². The highest BCUT2D eigenvalue weighted by Gasteiger charge is 2.15. The van der Waals surface area contributed by atoms with Gasteiger partial charge in [-0.25, -0.2) is 4.68 Å². The smallest absolute Gasteiger partial charge is 0.0965 e. The summed E-state index contributed by atoms with van der Waals surface area (Å²) >= 11 is 0. The molecule has 1 aromatic heterocycles. The summed E-state index contributed by atoms with van der Waals surface area (Å²) in [6.45, 7) is 11.4. The Morgan fingerprint density at radius 3 is 2.38 bits per heavy atom. The van der Waals surface area contributed by atoms with Crippen molar-refractivity contribution in [3.63, 3.8) is 0 Å². The van der Waals surface area contributed by atoms with E-state index in [4.69, 9.17) is 0 Å². The van der Waals surface area contributed by atoms with Gasteiger partial charge in [-0.05, 0) is 39.7 Å². The highest BCUT2D eigenvalue weighted by atomic mass is 15.4. The van der Waals surface area contributed by atoms with Crippen molar-refractivity contribution in [3.8, 4) is 0 Å². The maximum absolute atomic E-state index is 4.25. The minimum atomic E-state index is -0.0215. The number of nitrogens with one attached hydrogen (secondary N) is 1. The number of rotatable bonds is 5. The molecule has 4 nitrogen and oxygen atoms in total. The van der Waals surface area contributed by atoms with Crippen molar-refractivity contribution in [3.05, 3.63) is 47.3 Å². The Bertz CT molecular complexity index is 563. The van der Waals surface area contributed by atoms with E-state index in [1.165, 1.54) is 11.1 Å². The minimum absolute atomic E-state index is 0.0215. The van der Waals surface area contributed by atoms with Crippen molar-refractivity contribution in [2.75, 3.05) is 0 Å². The van der Waals surface area contributed by atoms with Crippen LogP contribution in [0, 0.1) is 6.92 Å². The van der Waals surface area contributed by atoms with E-state index in [2.05, 4.69) is 74.5 Å². The molecule has 2 rings (SSSR count). The van der Waals surface area contributed by atoms with Crippen LogP contribution in [0.2, 0.25) is 0 Å². The van der Waals surface area contributed by atoms with E-state index in [9.17, 15) is 0 Å². The summed E-state index contributed by atoms with van der Waals surface area (Å²) in [4.78, 5) is 0. The van der Waals surface area contributed by atoms with Gasteiger partial charge in [0.1, 0.15) is 0 Å². The van der Waals surface area contributed by atoms with Crippen LogP contribution in [0.5, 0.6) is 0 Å². The second kappa shape index (κ2) is 6.39. The molecule has 0 saturated carbocycles. The van der Waals surface area contributed by atoms with E-state index in [1.54, 1.807) is 0 Å². The Labute approximate surface area is 127 Å². The third-order valence-electron chi connectivity index (χ3n) is 3.65. The molecule has 21 heavy (non-hydrogen) atoms.